The highest BCUT2D eigenvalue weighted by atomic mass is 16.5. The zero-order valence-electron chi connectivity index (χ0n) is 11.8. The maximum absolute atomic E-state index is 11.5. The van der Waals surface area contributed by atoms with Gasteiger partial charge < -0.3 is 10.5 Å². The summed E-state index contributed by atoms with van der Waals surface area (Å²) in [6.45, 7) is 2.17. The van der Waals surface area contributed by atoms with Crippen LogP contribution in [0.1, 0.15) is 35.7 Å². The van der Waals surface area contributed by atoms with E-state index in [0.29, 0.717) is 0 Å². The second-order valence-electron chi connectivity index (χ2n) is 4.62. The normalized spacial score (nSPS) is 10.5. The Morgan fingerprint density at radius 2 is 2.05 bits per heavy atom. The van der Waals surface area contributed by atoms with Gasteiger partial charge in [0.25, 0.3) is 0 Å². The van der Waals surface area contributed by atoms with Crippen molar-refractivity contribution in [2.45, 2.75) is 26.2 Å². The van der Waals surface area contributed by atoms with Gasteiger partial charge in [-0.15, -0.1) is 0 Å². The molecule has 0 fully saturated rings. The van der Waals surface area contributed by atoms with Crippen LogP contribution in [-0.4, -0.2) is 22.9 Å². The molecule has 1 heterocycles. The molecule has 0 atom stereocenters. The lowest BCUT2D eigenvalue weighted by Gasteiger charge is -2.06. The standard InChI is InChI=1S/C15H19N3O2/c1-3-4-5-11-6-8-12(9-7-11)18-14(16)13(10-17-18)15(19)20-2/h6-10H,3-5,16H2,1-2H3. The number of aromatic nitrogens is 2. The van der Waals surface area contributed by atoms with Crippen LogP contribution in [0, 0.1) is 0 Å². The van der Waals surface area contributed by atoms with Crippen molar-refractivity contribution < 1.29 is 9.53 Å². The molecule has 2 rings (SSSR count). The first kappa shape index (κ1) is 14.1. The first-order valence-electron chi connectivity index (χ1n) is 6.68. The Morgan fingerprint density at radius 1 is 1.35 bits per heavy atom. The monoisotopic (exact) mass is 273 g/mol. The molecule has 5 nitrogen and oxygen atoms in total. The lowest BCUT2D eigenvalue weighted by molar-refractivity contribution is 0.0602. The molecule has 0 saturated carbocycles. The fourth-order valence-electron chi connectivity index (χ4n) is 2.02. The van der Waals surface area contributed by atoms with E-state index in [2.05, 4.69) is 28.9 Å². The number of ether oxygens (including phenoxy) is 1. The van der Waals surface area contributed by atoms with E-state index in [1.807, 2.05) is 12.1 Å². The summed E-state index contributed by atoms with van der Waals surface area (Å²) in [7, 11) is 1.32. The Labute approximate surface area is 118 Å². The number of nitrogens with two attached hydrogens (primary N) is 1. The van der Waals surface area contributed by atoms with Crippen molar-refractivity contribution >= 4 is 11.8 Å². The quantitative estimate of drug-likeness (QED) is 0.850. The summed E-state index contributed by atoms with van der Waals surface area (Å²) < 4.78 is 6.19. The number of hydrogen-bond donors (Lipinski definition) is 1. The minimum Gasteiger partial charge on any atom is -0.465 e. The van der Waals surface area contributed by atoms with Crippen LogP contribution in [-0.2, 0) is 11.2 Å². The summed E-state index contributed by atoms with van der Waals surface area (Å²) >= 11 is 0. The van der Waals surface area contributed by atoms with E-state index in [9.17, 15) is 4.79 Å². The van der Waals surface area contributed by atoms with E-state index < -0.39 is 5.97 Å². The second kappa shape index (κ2) is 6.23. The SMILES string of the molecule is CCCCc1ccc(-n2ncc(C(=O)OC)c2N)cc1. The number of benzene rings is 1. The minimum absolute atomic E-state index is 0.280. The lowest BCUT2D eigenvalue weighted by atomic mass is 10.1. The molecule has 0 amide bonds. The van der Waals surface area contributed by atoms with Crippen molar-refractivity contribution in [1.29, 1.82) is 0 Å². The van der Waals surface area contributed by atoms with Gasteiger partial charge in [0.1, 0.15) is 11.4 Å². The first-order chi connectivity index (χ1) is 9.67. The molecule has 106 valence electrons. The zero-order valence-corrected chi connectivity index (χ0v) is 11.8. The second-order valence-corrected chi connectivity index (χ2v) is 4.62. The van der Waals surface area contributed by atoms with Crippen molar-refractivity contribution in [3.05, 3.63) is 41.6 Å². The molecule has 0 aliphatic carbocycles. The fraction of sp³-hybridized carbons (Fsp3) is 0.333. The van der Waals surface area contributed by atoms with Crippen LogP contribution in [0.5, 0.6) is 0 Å². The van der Waals surface area contributed by atoms with Gasteiger partial charge in [-0.25, -0.2) is 9.48 Å². The van der Waals surface area contributed by atoms with Gasteiger partial charge in [-0.3, -0.25) is 0 Å². The molecule has 0 saturated heterocycles. The third-order valence-electron chi connectivity index (χ3n) is 3.21. The zero-order chi connectivity index (χ0) is 14.5. The van der Waals surface area contributed by atoms with Crippen LogP contribution in [0.3, 0.4) is 0 Å². The third-order valence-corrected chi connectivity index (χ3v) is 3.21. The molecule has 5 heteroatoms. The number of hydrogen-bond acceptors (Lipinski definition) is 4. The number of unbranched alkanes of at least 4 members (excludes halogenated alkanes) is 1. The average Bonchev–Trinajstić information content (AvgIpc) is 2.86. The topological polar surface area (TPSA) is 70.1 Å². The van der Waals surface area contributed by atoms with Gasteiger partial charge in [0.2, 0.25) is 0 Å². The molecule has 2 N–H and O–H groups in total. The van der Waals surface area contributed by atoms with E-state index in [0.717, 1.165) is 12.1 Å². The van der Waals surface area contributed by atoms with E-state index in [-0.39, 0.29) is 11.4 Å². The Morgan fingerprint density at radius 3 is 2.65 bits per heavy atom. The highest BCUT2D eigenvalue weighted by Crippen LogP contribution is 2.18. The smallest absolute Gasteiger partial charge is 0.343 e. The molecule has 0 aliphatic heterocycles. The van der Waals surface area contributed by atoms with Gasteiger partial charge in [-0.05, 0) is 30.5 Å². The molecule has 0 radical (unpaired) electrons. The number of anilines is 1. The van der Waals surface area contributed by atoms with Crippen molar-refractivity contribution in [3.63, 3.8) is 0 Å². The predicted octanol–water partition coefficient (Wildman–Crippen LogP) is 2.58. The predicted molar refractivity (Wildman–Crippen MR) is 77.9 cm³/mol. The van der Waals surface area contributed by atoms with Gasteiger partial charge in [-0.2, -0.15) is 5.10 Å². The molecule has 0 unspecified atom stereocenters. The summed E-state index contributed by atoms with van der Waals surface area (Å²) in [5.41, 5.74) is 8.33. The van der Waals surface area contributed by atoms with Crippen LogP contribution >= 0.6 is 0 Å². The van der Waals surface area contributed by atoms with Gasteiger partial charge in [0.05, 0.1) is 19.0 Å². The molecule has 2 aromatic rings. The summed E-state index contributed by atoms with van der Waals surface area (Å²) in [6.07, 6.45) is 4.84. The summed E-state index contributed by atoms with van der Waals surface area (Å²) in [4.78, 5) is 11.5. The van der Waals surface area contributed by atoms with Gasteiger partial charge >= 0.3 is 5.97 Å². The summed E-state index contributed by atoms with van der Waals surface area (Å²) in [5.74, 6) is -0.188. The highest BCUT2D eigenvalue weighted by Gasteiger charge is 2.16. The van der Waals surface area contributed by atoms with Crippen LogP contribution < -0.4 is 5.73 Å². The van der Waals surface area contributed by atoms with E-state index in [4.69, 9.17) is 5.73 Å². The Balaban J connectivity index is 2.24. The van der Waals surface area contributed by atoms with Crippen LogP contribution in [0.25, 0.3) is 5.69 Å². The van der Waals surface area contributed by atoms with Gasteiger partial charge in [-0.1, -0.05) is 25.5 Å². The van der Waals surface area contributed by atoms with Crippen LogP contribution in [0.2, 0.25) is 0 Å². The van der Waals surface area contributed by atoms with Crippen molar-refractivity contribution in [3.8, 4) is 5.69 Å². The Kier molecular flexibility index (Phi) is 4.40. The number of aryl methyl sites for hydroxylation is 1. The van der Waals surface area contributed by atoms with Crippen LogP contribution in [0.15, 0.2) is 30.5 Å². The number of methoxy groups -OCH3 is 1. The summed E-state index contributed by atoms with van der Waals surface area (Å²) in [6, 6.07) is 8.03. The highest BCUT2D eigenvalue weighted by molar-refractivity contribution is 5.94. The number of rotatable bonds is 5. The number of nitrogen functional groups attached to an aromatic ring is 1. The molecule has 1 aromatic carbocycles. The number of carbonyl (C=O) groups excluding carboxylic acids is 1. The Bertz CT molecular complexity index is 588. The Hall–Kier alpha value is -2.30. The van der Waals surface area contributed by atoms with Crippen molar-refractivity contribution in [1.82, 2.24) is 9.78 Å². The molecular formula is C15H19N3O2. The lowest BCUT2D eigenvalue weighted by Crippen LogP contribution is -2.07. The van der Waals surface area contributed by atoms with E-state index in [1.54, 1.807) is 0 Å². The molecule has 1 aromatic heterocycles. The van der Waals surface area contributed by atoms with E-state index in [1.165, 1.54) is 36.4 Å². The number of nitrogens with zero attached hydrogens (tertiary/aromatic N) is 2. The molecule has 0 aliphatic rings. The maximum Gasteiger partial charge on any atom is 0.343 e. The molecule has 20 heavy (non-hydrogen) atoms. The number of esters is 1. The number of carbonyl (C=O) groups is 1. The van der Waals surface area contributed by atoms with Crippen molar-refractivity contribution in [2.24, 2.45) is 0 Å². The molecule has 0 spiro atoms. The van der Waals surface area contributed by atoms with Gasteiger partial charge in [0, 0.05) is 0 Å². The van der Waals surface area contributed by atoms with Crippen LogP contribution in [0.4, 0.5) is 5.82 Å². The fourth-order valence-corrected chi connectivity index (χ4v) is 2.02. The first-order valence-corrected chi connectivity index (χ1v) is 6.68. The maximum atomic E-state index is 11.5. The van der Waals surface area contributed by atoms with Crippen molar-refractivity contribution in [2.75, 3.05) is 12.8 Å². The third kappa shape index (κ3) is 2.82. The van der Waals surface area contributed by atoms with E-state index >= 15 is 0 Å². The largest absolute Gasteiger partial charge is 0.465 e. The average molecular weight is 273 g/mol. The summed E-state index contributed by atoms with van der Waals surface area (Å²) in [5, 5.41) is 4.14. The molecular weight excluding hydrogens is 254 g/mol. The van der Waals surface area contributed by atoms with Gasteiger partial charge in [0.15, 0.2) is 0 Å². The molecule has 0 bridgehead atoms. The minimum atomic E-state index is -0.478.